The molecule has 2 aliphatic heterocycles. The van der Waals surface area contributed by atoms with E-state index in [4.69, 9.17) is 4.74 Å². The minimum atomic E-state index is -0.310. The molecule has 0 bridgehead atoms. The molecule has 2 saturated heterocycles. The summed E-state index contributed by atoms with van der Waals surface area (Å²) in [6, 6.07) is -0.303. The van der Waals surface area contributed by atoms with Crippen LogP contribution in [0.1, 0.15) is 25.7 Å². The second-order valence-electron chi connectivity index (χ2n) is 5.36. The van der Waals surface area contributed by atoms with E-state index in [1.54, 1.807) is 11.1 Å². The first-order chi connectivity index (χ1) is 10.3. The van der Waals surface area contributed by atoms with E-state index in [-0.39, 0.29) is 24.5 Å². The number of amides is 1. The monoisotopic (exact) mass is 309 g/mol. The van der Waals surface area contributed by atoms with Gasteiger partial charge in [0.25, 0.3) is 5.91 Å². The normalized spacial score (nSPS) is 21.8. The highest BCUT2D eigenvalue weighted by atomic mass is 32.1. The van der Waals surface area contributed by atoms with E-state index in [9.17, 15) is 9.59 Å². The average molecular weight is 309 g/mol. The quantitative estimate of drug-likeness (QED) is 0.784. The van der Waals surface area contributed by atoms with Gasteiger partial charge >= 0.3 is 5.97 Å². The molecular formula is C14H19N3O3S. The summed E-state index contributed by atoms with van der Waals surface area (Å²) in [5.41, 5.74) is 0. The van der Waals surface area contributed by atoms with Gasteiger partial charge in [0, 0.05) is 31.2 Å². The molecule has 6 nitrogen and oxygen atoms in total. The van der Waals surface area contributed by atoms with Gasteiger partial charge in [0.15, 0.2) is 11.7 Å². The molecule has 114 valence electrons. The summed E-state index contributed by atoms with van der Waals surface area (Å²) in [6.45, 7) is 2.24. The first-order valence-corrected chi connectivity index (χ1v) is 8.24. The molecule has 1 atom stereocenters. The Labute approximate surface area is 127 Å². The highest BCUT2D eigenvalue weighted by Gasteiger charge is 2.34. The lowest BCUT2D eigenvalue weighted by Crippen LogP contribution is -2.39. The number of aromatic nitrogens is 1. The Morgan fingerprint density at radius 1 is 1.29 bits per heavy atom. The molecule has 3 heterocycles. The van der Waals surface area contributed by atoms with E-state index in [2.05, 4.69) is 4.98 Å². The average Bonchev–Trinajstić information content (AvgIpc) is 3.25. The molecule has 2 fully saturated rings. The highest BCUT2D eigenvalue weighted by Crippen LogP contribution is 2.27. The van der Waals surface area contributed by atoms with E-state index in [1.807, 2.05) is 10.3 Å². The standard InChI is InChI=1S/C14H19N3O3S/c18-12(16-6-1-2-7-16)10-20-13(19)11-4-3-8-17(11)14-15-5-9-21-14/h5,9,11H,1-4,6-8,10H2. The Balaban J connectivity index is 1.53. The minimum absolute atomic E-state index is 0.0837. The molecule has 1 amide bonds. The second-order valence-corrected chi connectivity index (χ2v) is 6.23. The molecule has 0 radical (unpaired) electrons. The van der Waals surface area contributed by atoms with Gasteiger partial charge in [-0.1, -0.05) is 0 Å². The maximum Gasteiger partial charge on any atom is 0.329 e. The van der Waals surface area contributed by atoms with Crippen LogP contribution in [0, 0.1) is 0 Å². The van der Waals surface area contributed by atoms with Crippen molar-refractivity contribution >= 4 is 28.3 Å². The van der Waals surface area contributed by atoms with E-state index >= 15 is 0 Å². The minimum Gasteiger partial charge on any atom is -0.454 e. The van der Waals surface area contributed by atoms with Crippen molar-refractivity contribution in [1.82, 2.24) is 9.88 Å². The molecule has 1 unspecified atom stereocenters. The van der Waals surface area contributed by atoms with Crippen molar-refractivity contribution < 1.29 is 14.3 Å². The van der Waals surface area contributed by atoms with Gasteiger partial charge in [-0.2, -0.15) is 0 Å². The van der Waals surface area contributed by atoms with Crippen LogP contribution in [0.15, 0.2) is 11.6 Å². The Hall–Kier alpha value is -1.63. The van der Waals surface area contributed by atoms with E-state index in [0.29, 0.717) is 0 Å². The third-order valence-electron chi connectivity index (χ3n) is 3.99. The number of carbonyl (C=O) groups is 2. The van der Waals surface area contributed by atoms with Gasteiger partial charge in [0.1, 0.15) is 6.04 Å². The third kappa shape index (κ3) is 3.18. The van der Waals surface area contributed by atoms with Crippen LogP contribution < -0.4 is 4.90 Å². The van der Waals surface area contributed by atoms with Gasteiger partial charge in [-0.05, 0) is 25.7 Å². The fourth-order valence-electron chi connectivity index (χ4n) is 2.89. The Morgan fingerprint density at radius 3 is 2.81 bits per heavy atom. The molecule has 0 spiro atoms. The summed E-state index contributed by atoms with van der Waals surface area (Å²) in [6.07, 6.45) is 5.52. The van der Waals surface area contributed by atoms with Gasteiger partial charge < -0.3 is 14.5 Å². The van der Waals surface area contributed by atoms with Crippen LogP contribution in [0.2, 0.25) is 0 Å². The Bertz CT molecular complexity index is 500. The van der Waals surface area contributed by atoms with Gasteiger partial charge in [0.2, 0.25) is 0 Å². The lowest BCUT2D eigenvalue weighted by molar-refractivity contribution is -0.152. The van der Waals surface area contributed by atoms with Crippen LogP contribution in [0.4, 0.5) is 5.13 Å². The third-order valence-corrected chi connectivity index (χ3v) is 4.80. The zero-order chi connectivity index (χ0) is 14.7. The summed E-state index contributed by atoms with van der Waals surface area (Å²) in [7, 11) is 0. The number of rotatable bonds is 4. The van der Waals surface area contributed by atoms with Crippen LogP contribution in [-0.2, 0) is 14.3 Å². The van der Waals surface area contributed by atoms with Gasteiger partial charge in [-0.15, -0.1) is 11.3 Å². The second kappa shape index (κ2) is 6.43. The number of thiazole rings is 1. The largest absolute Gasteiger partial charge is 0.454 e. The molecule has 3 rings (SSSR count). The number of ether oxygens (including phenoxy) is 1. The van der Waals surface area contributed by atoms with Crippen LogP contribution in [0.3, 0.4) is 0 Å². The number of anilines is 1. The van der Waals surface area contributed by atoms with Crippen molar-refractivity contribution in [3.63, 3.8) is 0 Å². The van der Waals surface area contributed by atoms with Crippen molar-refractivity contribution in [2.75, 3.05) is 31.1 Å². The molecule has 0 aromatic carbocycles. The fourth-order valence-corrected chi connectivity index (χ4v) is 3.60. The van der Waals surface area contributed by atoms with Crippen LogP contribution in [0.25, 0.3) is 0 Å². The molecule has 21 heavy (non-hydrogen) atoms. The first-order valence-electron chi connectivity index (χ1n) is 7.36. The summed E-state index contributed by atoms with van der Waals surface area (Å²) < 4.78 is 5.23. The predicted molar refractivity (Wildman–Crippen MR) is 79.3 cm³/mol. The van der Waals surface area contributed by atoms with Crippen molar-refractivity contribution in [2.24, 2.45) is 0 Å². The molecule has 2 aliphatic rings. The molecular weight excluding hydrogens is 290 g/mol. The number of hydrogen-bond acceptors (Lipinski definition) is 6. The lowest BCUT2D eigenvalue weighted by atomic mass is 10.2. The molecule has 7 heteroatoms. The van der Waals surface area contributed by atoms with E-state index in [1.165, 1.54) is 11.3 Å². The molecule has 0 saturated carbocycles. The fraction of sp³-hybridized carbons (Fsp3) is 0.643. The lowest BCUT2D eigenvalue weighted by Gasteiger charge is -2.22. The van der Waals surface area contributed by atoms with Crippen molar-refractivity contribution in [2.45, 2.75) is 31.7 Å². The topological polar surface area (TPSA) is 62.7 Å². The number of esters is 1. The van der Waals surface area contributed by atoms with Gasteiger partial charge in [-0.25, -0.2) is 9.78 Å². The summed E-state index contributed by atoms with van der Waals surface area (Å²) in [4.78, 5) is 32.1. The van der Waals surface area contributed by atoms with Gasteiger partial charge in [0.05, 0.1) is 0 Å². The predicted octanol–water partition coefficient (Wildman–Crippen LogP) is 1.28. The Kier molecular flexibility index (Phi) is 4.38. The SMILES string of the molecule is O=C(OCC(=O)N1CCCC1)C1CCCN1c1nccs1. The summed E-state index contributed by atoms with van der Waals surface area (Å²) in [5.74, 6) is -0.394. The van der Waals surface area contributed by atoms with E-state index in [0.717, 1.165) is 50.4 Å². The maximum absolute atomic E-state index is 12.2. The smallest absolute Gasteiger partial charge is 0.329 e. The number of carbonyl (C=O) groups excluding carboxylic acids is 2. The summed E-state index contributed by atoms with van der Waals surface area (Å²) >= 11 is 1.52. The molecule has 0 N–H and O–H groups in total. The number of hydrogen-bond donors (Lipinski definition) is 0. The highest BCUT2D eigenvalue weighted by molar-refractivity contribution is 7.13. The van der Waals surface area contributed by atoms with Crippen molar-refractivity contribution in [1.29, 1.82) is 0 Å². The van der Waals surface area contributed by atoms with Gasteiger partial charge in [-0.3, -0.25) is 4.79 Å². The van der Waals surface area contributed by atoms with E-state index < -0.39 is 0 Å². The van der Waals surface area contributed by atoms with Crippen LogP contribution in [-0.4, -0.2) is 54.0 Å². The molecule has 0 aliphatic carbocycles. The van der Waals surface area contributed by atoms with Crippen molar-refractivity contribution in [3.8, 4) is 0 Å². The van der Waals surface area contributed by atoms with Crippen LogP contribution >= 0.6 is 11.3 Å². The number of likely N-dealkylation sites (tertiary alicyclic amines) is 1. The van der Waals surface area contributed by atoms with Crippen LogP contribution in [0.5, 0.6) is 0 Å². The zero-order valence-corrected chi connectivity index (χ0v) is 12.7. The molecule has 1 aromatic heterocycles. The zero-order valence-electron chi connectivity index (χ0n) is 11.9. The maximum atomic E-state index is 12.2. The Morgan fingerprint density at radius 2 is 2.10 bits per heavy atom. The number of nitrogens with zero attached hydrogens (tertiary/aromatic N) is 3. The van der Waals surface area contributed by atoms with Crippen molar-refractivity contribution in [3.05, 3.63) is 11.6 Å². The first kappa shape index (κ1) is 14.3. The summed E-state index contributed by atoms with van der Waals surface area (Å²) in [5, 5.41) is 2.74. The molecule has 1 aromatic rings.